The largest absolute Gasteiger partial charge is 0.355 e. The number of fused-ring (bicyclic) bond motifs is 1. The van der Waals surface area contributed by atoms with Crippen LogP contribution in [0.3, 0.4) is 0 Å². The highest BCUT2D eigenvalue weighted by atomic mass is 32.2. The van der Waals surface area contributed by atoms with Crippen LogP contribution in [-0.4, -0.2) is 44.0 Å². The third kappa shape index (κ3) is 3.93. The summed E-state index contributed by atoms with van der Waals surface area (Å²) in [6.45, 7) is 1.44. The van der Waals surface area contributed by atoms with Crippen molar-refractivity contribution in [1.29, 1.82) is 0 Å². The monoisotopic (exact) mass is 336 g/mol. The van der Waals surface area contributed by atoms with Crippen LogP contribution in [0.5, 0.6) is 0 Å². The first-order valence-corrected chi connectivity index (χ1v) is 9.99. The Hall–Kier alpha value is -1.40. The Morgan fingerprint density at radius 3 is 2.74 bits per heavy atom. The molecular formula is C17H24N2O3S. The fourth-order valence-corrected chi connectivity index (χ4v) is 5.00. The minimum absolute atomic E-state index is 0.00000630. The summed E-state index contributed by atoms with van der Waals surface area (Å²) < 4.78 is 25.7. The van der Waals surface area contributed by atoms with Gasteiger partial charge in [0.05, 0.1) is 5.75 Å². The molecular weight excluding hydrogens is 312 g/mol. The Morgan fingerprint density at radius 1 is 1.22 bits per heavy atom. The van der Waals surface area contributed by atoms with Crippen LogP contribution in [0, 0.1) is 0 Å². The second-order valence-electron chi connectivity index (χ2n) is 6.41. The first kappa shape index (κ1) is 16.5. The molecule has 23 heavy (non-hydrogen) atoms. The lowest BCUT2D eigenvalue weighted by molar-refractivity contribution is -0.121. The quantitative estimate of drug-likeness (QED) is 0.859. The van der Waals surface area contributed by atoms with Gasteiger partial charge in [-0.15, -0.1) is 0 Å². The van der Waals surface area contributed by atoms with Gasteiger partial charge in [-0.25, -0.2) is 12.7 Å². The number of nitrogens with zero attached hydrogens (tertiary/aromatic N) is 1. The lowest BCUT2D eigenvalue weighted by atomic mass is 9.97. The standard InChI is InChI=1S/C17H24N2O3S/c20-17(13-15-8-7-14-5-1-2-6-16(14)15)18-9-12-23(21,22)19-10-3-4-11-19/h1-2,5-6,15H,3-4,7-13H2,(H,18,20)/t15-/m1/s1. The van der Waals surface area contributed by atoms with Crippen molar-refractivity contribution in [2.24, 2.45) is 0 Å². The summed E-state index contributed by atoms with van der Waals surface area (Å²) in [6, 6.07) is 8.26. The van der Waals surface area contributed by atoms with Crippen LogP contribution >= 0.6 is 0 Å². The van der Waals surface area contributed by atoms with E-state index in [9.17, 15) is 13.2 Å². The molecule has 126 valence electrons. The van der Waals surface area contributed by atoms with Gasteiger partial charge in [-0.1, -0.05) is 24.3 Å². The molecule has 3 rings (SSSR count). The predicted molar refractivity (Wildman–Crippen MR) is 89.7 cm³/mol. The average Bonchev–Trinajstić information content (AvgIpc) is 3.18. The summed E-state index contributed by atoms with van der Waals surface area (Å²) >= 11 is 0. The van der Waals surface area contributed by atoms with Gasteiger partial charge in [0.15, 0.2) is 0 Å². The van der Waals surface area contributed by atoms with Gasteiger partial charge in [0.2, 0.25) is 15.9 Å². The van der Waals surface area contributed by atoms with E-state index in [-0.39, 0.29) is 24.1 Å². The molecule has 0 aromatic heterocycles. The summed E-state index contributed by atoms with van der Waals surface area (Å²) in [7, 11) is -3.21. The number of nitrogens with one attached hydrogen (secondary N) is 1. The van der Waals surface area contributed by atoms with Gasteiger partial charge < -0.3 is 5.32 Å². The maximum atomic E-state index is 12.1. The normalized spacial score (nSPS) is 21.3. The number of carbonyl (C=O) groups is 1. The highest BCUT2D eigenvalue weighted by molar-refractivity contribution is 7.89. The minimum Gasteiger partial charge on any atom is -0.355 e. The molecule has 1 atom stereocenters. The SMILES string of the molecule is O=C(C[C@H]1CCc2ccccc21)NCCS(=O)(=O)N1CCCC1. The molecule has 1 heterocycles. The van der Waals surface area contributed by atoms with Crippen molar-refractivity contribution in [1.82, 2.24) is 9.62 Å². The molecule has 0 saturated carbocycles. The van der Waals surface area contributed by atoms with Crippen LogP contribution in [0.1, 0.15) is 42.7 Å². The summed E-state index contributed by atoms with van der Waals surface area (Å²) in [5.41, 5.74) is 2.61. The lowest BCUT2D eigenvalue weighted by Crippen LogP contribution is -2.36. The number of sulfonamides is 1. The molecule has 1 aromatic carbocycles. The van der Waals surface area contributed by atoms with E-state index >= 15 is 0 Å². The summed E-state index contributed by atoms with van der Waals surface area (Å²) in [5.74, 6) is 0.213. The van der Waals surface area contributed by atoms with E-state index < -0.39 is 10.0 Å². The average molecular weight is 336 g/mol. The van der Waals surface area contributed by atoms with E-state index in [2.05, 4.69) is 17.4 Å². The molecule has 0 unspecified atom stereocenters. The van der Waals surface area contributed by atoms with E-state index in [1.807, 2.05) is 12.1 Å². The number of benzene rings is 1. The molecule has 0 radical (unpaired) electrons. The van der Waals surface area contributed by atoms with E-state index in [0.29, 0.717) is 19.5 Å². The number of rotatable bonds is 6. The number of amides is 1. The number of hydrogen-bond acceptors (Lipinski definition) is 3. The number of hydrogen-bond donors (Lipinski definition) is 1. The van der Waals surface area contributed by atoms with Crippen LogP contribution < -0.4 is 5.32 Å². The van der Waals surface area contributed by atoms with Gasteiger partial charge in [-0.05, 0) is 42.7 Å². The molecule has 1 aliphatic carbocycles. The predicted octanol–water partition coefficient (Wildman–Crippen LogP) is 1.65. The Kier molecular flexibility index (Phi) is 5.02. The molecule has 1 aliphatic heterocycles. The molecule has 1 aromatic rings. The van der Waals surface area contributed by atoms with Gasteiger partial charge in [-0.2, -0.15) is 0 Å². The highest BCUT2D eigenvalue weighted by Crippen LogP contribution is 2.34. The first-order chi connectivity index (χ1) is 11.1. The zero-order chi connectivity index (χ0) is 16.3. The minimum atomic E-state index is -3.21. The maximum absolute atomic E-state index is 12.1. The molecule has 1 N–H and O–H groups in total. The second kappa shape index (κ2) is 7.01. The third-order valence-corrected chi connectivity index (χ3v) is 6.70. The van der Waals surface area contributed by atoms with Crippen LogP contribution in [0.4, 0.5) is 0 Å². The highest BCUT2D eigenvalue weighted by Gasteiger charge is 2.26. The van der Waals surface area contributed by atoms with Gasteiger partial charge in [0.1, 0.15) is 0 Å². The molecule has 0 bridgehead atoms. The fourth-order valence-electron chi connectivity index (χ4n) is 3.57. The summed E-state index contributed by atoms with van der Waals surface area (Å²) in [6.07, 6.45) is 4.34. The smallest absolute Gasteiger partial charge is 0.220 e. The Balaban J connectivity index is 1.45. The van der Waals surface area contributed by atoms with Gasteiger partial charge in [0.25, 0.3) is 0 Å². The molecule has 1 amide bonds. The lowest BCUT2D eigenvalue weighted by Gasteiger charge is -2.16. The van der Waals surface area contributed by atoms with Crippen molar-refractivity contribution in [3.63, 3.8) is 0 Å². The second-order valence-corrected chi connectivity index (χ2v) is 8.50. The van der Waals surface area contributed by atoms with Gasteiger partial charge in [0, 0.05) is 26.1 Å². The van der Waals surface area contributed by atoms with Crippen molar-refractivity contribution in [2.45, 2.75) is 38.0 Å². The number of aryl methyl sites for hydroxylation is 1. The fraction of sp³-hybridized carbons (Fsp3) is 0.588. The Labute approximate surface area is 138 Å². The van der Waals surface area contributed by atoms with Crippen molar-refractivity contribution in [3.8, 4) is 0 Å². The van der Waals surface area contributed by atoms with Crippen molar-refractivity contribution >= 4 is 15.9 Å². The van der Waals surface area contributed by atoms with Gasteiger partial charge >= 0.3 is 0 Å². The van der Waals surface area contributed by atoms with Crippen molar-refractivity contribution in [3.05, 3.63) is 35.4 Å². The van der Waals surface area contributed by atoms with E-state index in [0.717, 1.165) is 25.7 Å². The first-order valence-electron chi connectivity index (χ1n) is 8.38. The molecule has 2 aliphatic rings. The topological polar surface area (TPSA) is 66.5 Å². The van der Waals surface area contributed by atoms with E-state index in [1.54, 1.807) is 0 Å². The maximum Gasteiger partial charge on any atom is 0.220 e. The molecule has 5 nitrogen and oxygen atoms in total. The summed E-state index contributed by atoms with van der Waals surface area (Å²) in [5, 5.41) is 2.78. The van der Waals surface area contributed by atoms with Crippen LogP contribution in [-0.2, 0) is 21.2 Å². The molecule has 1 saturated heterocycles. The van der Waals surface area contributed by atoms with Gasteiger partial charge in [-0.3, -0.25) is 4.79 Å². The summed E-state index contributed by atoms with van der Waals surface area (Å²) in [4.78, 5) is 12.1. The van der Waals surface area contributed by atoms with Crippen LogP contribution in [0.25, 0.3) is 0 Å². The zero-order valence-electron chi connectivity index (χ0n) is 13.3. The zero-order valence-corrected chi connectivity index (χ0v) is 14.1. The van der Waals surface area contributed by atoms with Crippen molar-refractivity contribution in [2.75, 3.05) is 25.4 Å². The van der Waals surface area contributed by atoms with Crippen LogP contribution in [0.2, 0.25) is 0 Å². The molecule has 1 fully saturated rings. The van der Waals surface area contributed by atoms with E-state index in [4.69, 9.17) is 0 Å². The third-order valence-electron chi connectivity index (χ3n) is 4.83. The Morgan fingerprint density at radius 2 is 1.96 bits per heavy atom. The van der Waals surface area contributed by atoms with E-state index in [1.165, 1.54) is 15.4 Å². The Bertz CT molecular complexity index is 666. The number of carbonyl (C=O) groups excluding carboxylic acids is 1. The molecule has 6 heteroatoms. The molecule has 0 spiro atoms. The van der Waals surface area contributed by atoms with Crippen LogP contribution in [0.15, 0.2) is 24.3 Å². The van der Waals surface area contributed by atoms with Crippen molar-refractivity contribution < 1.29 is 13.2 Å².